The van der Waals surface area contributed by atoms with E-state index in [4.69, 9.17) is 9.16 Å². The minimum Gasteiger partial charge on any atom is -0.444 e. The highest BCUT2D eigenvalue weighted by Gasteiger charge is 2.52. The topological polar surface area (TPSA) is 79.6 Å². The van der Waals surface area contributed by atoms with Crippen molar-refractivity contribution in [3.8, 4) is 6.07 Å². The highest BCUT2D eigenvalue weighted by Crippen LogP contribution is 2.51. The lowest BCUT2D eigenvalue weighted by molar-refractivity contribution is -0.125. The molecule has 0 bridgehead atoms. The van der Waals surface area contributed by atoms with Crippen LogP contribution in [0.3, 0.4) is 0 Å². The maximum Gasteiger partial charge on any atom is 0.414 e. The molecule has 1 saturated heterocycles. The average Bonchev–Trinajstić information content (AvgIpc) is 2.76. The van der Waals surface area contributed by atoms with Crippen LogP contribution in [0.25, 0.3) is 0 Å². The number of rotatable bonds is 6. The Morgan fingerprint density at radius 3 is 2.61 bits per heavy atom. The molecule has 0 N–H and O–H groups in total. The van der Waals surface area contributed by atoms with E-state index in [-0.39, 0.29) is 23.8 Å². The molecular formula is C26H36N2O4Si. The number of nitriles is 1. The van der Waals surface area contributed by atoms with Gasteiger partial charge in [-0.2, -0.15) is 5.26 Å². The second kappa shape index (κ2) is 9.82. The number of nitrogens with zero attached hydrogens (tertiary/aromatic N) is 2. The summed E-state index contributed by atoms with van der Waals surface area (Å²) in [6.07, 6.45) is 3.52. The van der Waals surface area contributed by atoms with Gasteiger partial charge in [0.2, 0.25) is 0 Å². The van der Waals surface area contributed by atoms with Crippen molar-refractivity contribution in [2.24, 2.45) is 11.3 Å². The first-order valence-corrected chi connectivity index (χ1v) is 14.7. The minimum absolute atomic E-state index is 0.0696. The molecule has 0 unspecified atom stereocenters. The predicted octanol–water partition coefficient (Wildman–Crippen LogP) is 5.81. The molecule has 0 saturated carbocycles. The molecule has 6 nitrogen and oxygen atoms in total. The monoisotopic (exact) mass is 468 g/mol. The van der Waals surface area contributed by atoms with Crippen molar-refractivity contribution in [3.05, 3.63) is 47.7 Å². The fourth-order valence-electron chi connectivity index (χ4n) is 4.58. The molecule has 33 heavy (non-hydrogen) atoms. The highest BCUT2D eigenvalue weighted by atomic mass is 28.4. The lowest BCUT2D eigenvalue weighted by Gasteiger charge is -2.49. The molecular weight excluding hydrogens is 432 g/mol. The Morgan fingerprint density at radius 2 is 1.97 bits per heavy atom. The zero-order valence-electron chi connectivity index (χ0n) is 20.5. The number of hydrogen-bond acceptors (Lipinski definition) is 5. The van der Waals surface area contributed by atoms with Gasteiger partial charge in [-0.1, -0.05) is 57.2 Å². The van der Waals surface area contributed by atoms with Gasteiger partial charge in [0.05, 0.1) is 6.07 Å². The maximum absolute atomic E-state index is 13.1. The van der Waals surface area contributed by atoms with E-state index in [1.54, 1.807) is 4.90 Å². The molecule has 0 aromatic heterocycles. The van der Waals surface area contributed by atoms with Crippen LogP contribution in [-0.4, -0.2) is 38.2 Å². The average molecular weight is 469 g/mol. The van der Waals surface area contributed by atoms with Gasteiger partial charge in [-0.15, -0.1) is 0 Å². The summed E-state index contributed by atoms with van der Waals surface area (Å²) < 4.78 is 12.0. The van der Waals surface area contributed by atoms with Crippen LogP contribution in [0.2, 0.25) is 18.1 Å². The van der Waals surface area contributed by atoms with Gasteiger partial charge < -0.3 is 9.16 Å². The van der Waals surface area contributed by atoms with Crippen LogP contribution in [0.15, 0.2) is 42.1 Å². The second-order valence-electron chi connectivity index (χ2n) is 10.6. The molecule has 0 spiro atoms. The molecule has 2 aliphatic rings. The first-order chi connectivity index (χ1) is 15.5. The quantitative estimate of drug-likeness (QED) is 0.492. The fraction of sp³-hybridized carbons (Fsp3) is 0.577. The Kier molecular flexibility index (Phi) is 7.50. The van der Waals surface area contributed by atoms with Crippen molar-refractivity contribution in [2.75, 3.05) is 13.2 Å². The molecule has 1 heterocycles. The van der Waals surface area contributed by atoms with E-state index in [1.165, 1.54) is 0 Å². The highest BCUT2D eigenvalue weighted by molar-refractivity contribution is 6.74. The molecule has 3 rings (SSSR count). The summed E-state index contributed by atoms with van der Waals surface area (Å²) in [5.41, 5.74) is 0.965. The number of hydrogen-bond donors (Lipinski definition) is 0. The number of piperidine rings is 1. The predicted molar refractivity (Wildman–Crippen MR) is 130 cm³/mol. The van der Waals surface area contributed by atoms with Gasteiger partial charge in [-0.25, -0.2) is 4.79 Å². The van der Waals surface area contributed by atoms with Gasteiger partial charge in [-0.05, 0) is 43.0 Å². The van der Waals surface area contributed by atoms with Crippen molar-refractivity contribution >= 4 is 20.2 Å². The van der Waals surface area contributed by atoms with E-state index in [1.807, 2.05) is 36.4 Å². The van der Waals surface area contributed by atoms with Crippen molar-refractivity contribution < 1.29 is 18.8 Å². The van der Waals surface area contributed by atoms with Crippen molar-refractivity contribution in [3.63, 3.8) is 0 Å². The summed E-state index contributed by atoms with van der Waals surface area (Å²) in [7, 11) is -1.98. The lowest BCUT2D eigenvalue weighted by Crippen LogP contribution is -2.52. The summed E-state index contributed by atoms with van der Waals surface area (Å²) in [6.45, 7) is 12.1. The van der Waals surface area contributed by atoms with E-state index >= 15 is 0 Å². The molecule has 178 valence electrons. The third-order valence-electron chi connectivity index (χ3n) is 7.55. The number of benzene rings is 1. The van der Waals surface area contributed by atoms with E-state index in [9.17, 15) is 14.9 Å². The summed E-state index contributed by atoms with van der Waals surface area (Å²) in [4.78, 5) is 27.5. The van der Waals surface area contributed by atoms with Crippen LogP contribution in [0, 0.1) is 22.7 Å². The van der Waals surface area contributed by atoms with Gasteiger partial charge in [0.25, 0.3) is 0 Å². The van der Waals surface area contributed by atoms with Crippen molar-refractivity contribution in [1.29, 1.82) is 5.26 Å². The number of likely N-dealkylation sites (tertiary alicyclic amines) is 1. The third kappa shape index (κ3) is 5.23. The number of carbonyl (C=O) groups excluding carboxylic acids is 2. The Labute approximate surface area is 198 Å². The number of ether oxygens (including phenoxy) is 1. The molecule has 2 atom stereocenters. The van der Waals surface area contributed by atoms with Crippen molar-refractivity contribution in [2.45, 2.75) is 71.2 Å². The van der Waals surface area contributed by atoms with Gasteiger partial charge in [0.1, 0.15) is 12.5 Å². The number of amides is 1. The van der Waals surface area contributed by atoms with Crippen LogP contribution in [0.1, 0.15) is 52.0 Å². The molecule has 1 aromatic carbocycles. The Hall–Kier alpha value is -2.43. The Balaban J connectivity index is 1.81. The zero-order chi connectivity index (χ0) is 24.3. The smallest absolute Gasteiger partial charge is 0.414 e. The third-order valence-corrected chi connectivity index (χ3v) is 12.1. The van der Waals surface area contributed by atoms with E-state index in [0.29, 0.717) is 32.4 Å². The first kappa shape index (κ1) is 25.2. The molecule has 1 amide bonds. The van der Waals surface area contributed by atoms with Gasteiger partial charge in [0.15, 0.2) is 14.1 Å². The summed E-state index contributed by atoms with van der Waals surface area (Å²) in [6, 6.07) is 11.8. The summed E-state index contributed by atoms with van der Waals surface area (Å²) in [5.74, 6) is -0.849. The Morgan fingerprint density at radius 1 is 1.27 bits per heavy atom. The van der Waals surface area contributed by atoms with Crippen molar-refractivity contribution in [1.82, 2.24) is 4.90 Å². The van der Waals surface area contributed by atoms with Crippen LogP contribution >= 0.6 is 0 Å². The molecule has 7 heteroatoms. The molecule has 1 aromatic rings. The maximum atomic E-state index is 13.1. The summed E-state index contributed by atoms with van der Waals surface area (Å²) >= 11 is 0. The fourth-order valence-corrected chi connectivity index (χ4v) is 5.63. The normalized spacial score (nSPS) is 23.4. The number of carbonyl (C=O) groups is 2. The number of Topliss-reactive ketones (excluding diaryl/α,β-unsaturated/α-hetero) is 1. The summed E-state index contributed by atoms with van der Waals surface area (Å²) in [5, 5.41) is 10.0. The zero-order valence-corrected chi connectivity index (χ0v) is 21.5. The first-order valence-electron chi connectivity index (χ1n) is 11.8. The Bertz CT molecular complexity index is 945. The number of ketones is 1. The lowest BCUT2D eigenvalue weighted by atomic mass is 9.61. The van der Waals surface area contributed by atoms with Crippen LogP contribution < -0.4 is 0 Å². The largest absolute Gasteiger partial charge is 0.444 e. The number of fused-ring (bicyclic) bond motifs is 1. The van der Waals surface area contributed by atoms with E-state index < -0.39 is 25.7 Å². The van der Waals surface area contributed by atoms with Crippen LogP contribution in [0.4, 0.5) is 4.79 Å². The van der Waals surface area contributed by atoms with E-state index in [0.717, 1.165) is 11.3 Å². The molecule has 1 aliphatic heterocycles. The van der Waals surface area contributed by atoms with Crippen LogP contribution in [-0.2, 0) is 20.6 Å². The molecule has 1 fully saturated rings. The van der Waals surface area contributed by atoms with Gasteiger partial charge in [0, 0.05) is 30.7 Å². The van der Waals surface area contributed by atoms with Crippen LogP contribution in [0.5, 0.6) is 0 Å². The van der Waals surface area contributed by atoms with Gasteiger partial charge in [-0.3, -0.25) is 9.69 Å². The minimum atomic E-state index is -1.98. The van der Waals surface area contributed by atoms with E-state index in [2.05, 4.69) is 39.9 Å². The second-order valence-corrected chi connectivity index (χ2v) is 15.4. The SMILES string of the molecule is CC(C)(C)[Si](C)(C)OCC[C@@]12CCCN(C(=O)OCc3ccccc3)C1=CCC(=O)[C@H]2C#N. The molecule has 1 aliphatic carbocycles. The molecule has 0 radical (unpaired) electrons. The standard InChI is InChI=1S/C26H36N2O4Si/c1-25(2,3)33(4,5)32-17-15-26-14-9-16-28(23(26)13-12-22(29)21(26)18-27)24(30)31-19-20-10-7-6-8-11-20/h6-8,10-11,13,21H,9,12,14-17,19H2,1-5H3/t21-,26-/m1/s1. The number of allylic oxidation sites excluding steroid dienone is 2. The van der Waals surface area contributed by atoms with Gasteiger partial charge >= 0.3 is 6.09 Å².